The van der Waals surface area contributed by atoms with Crippen molar-refractivity contribution < 1.29 is 14.3 Å². The molecular weight excluding hydrogens is 491 g/mol. The number of hydrogen-bond donors (Lipinski definition) is 2. The van der Waals surface area contributed by atoms with E-state index in [0.717, 1.165) is 41.1 Å². The van der Waals surface area contributed by atoms with E-state index >= 15 is 0 Å². The molecule has 0 aliphatic heterocycles. The Morgan fingerprint density at radius 1 is 0.974 bits per heavy atom. The summed E-state index contributed by atoms with van der Waals surface area (Å²) >= 11 is 0. The zero-order valence-corrected chi connectivity index (χ0v) is 23.1. The van der Waals surface area contributed by atoms with Crippen LogP contribution in [-0.4, -0.2) is 31.8 Å². The maximum atomic E-state index is 13.3. The molecule has 0 aliphatic carbocycles. The minimum Gasteiger partial charge on any atom is -0.465 e. The van der Waals surface area contributed by atoms with Crippen molar-refractivity contribution in [1.29, 1.82) is 0 Å². The summed E-state index contributed by atoms with van der Waals surface area (Å²) in [4.78, 5) is 21.0. The molecule has 6 nitrogen and oxygen atoms in total. The number of aromatic nitrogens is 3. The number of halogens is 1. The van der Waals surface area contributed by atoms with E-state index in [0.29, 0.717) is 18.5 Å². The molecule has 2 unspecified atom stereocenters. The van der Waals surface area contributed by atoms with Gasteiger partial charge in [-0.15, -0.1) is 0 Å². The number of rotatable bonds is 11. The maximum absolute atomic E-state index is 13.3. The Balaban J connectivity index is 1.69. The molecule has 2 aromatic carbocycles. The Morgan fingerprint density at radius 2 is 1.67 bits per heavy atom. The average Bonchev–Trinajstić information content (AvgIpc) is 3.27. The monoisotopic (exact) mass is 528 g/mol. The molecule has 2 aromatic heterocycles. The summed E-state index contributed by atoms with van der Waals surface area (Å²) in [5.74, 6) is 0.279. The fraction of sp³-hybridized carbons (Fsp3) is 0.344. The predicted octanol–water partition coefficient (Wildman–Crippen LogP) is 6.81. The van der Waals surface area contributed by atoms with E-state index in [1.54, 1.807) is 6.07 Å². The zero-order valence-electron chi connectivity index (χ0n) is 23.1. The Morgan fingerprint density at radius 3 is 2.28 bits per heavy atom. The second kappa shape index (κ2) is 12.2. The van der Waals surface area contributed by atoms with Crippen LogP contribution >= 0.6 is 0 Å². The van der Waals surface area contributed by atoms with Gasteiger partial charge in [-0.3, -0.25) is 4.98 Å². The van der Waals surface area contributed by atoms with Gasteiger partial charge in [-0.1, -0.05) is 81.8 Å². The Kier molecular flexibility index (Phi) is 8.79. The smallest absolute Gasteiger partial charge is 0.404 e. The summed E-state index contributed by atoms with van der Waals surface area (Å²) in [7, 11) is 2.03. The minimum atomic E-state index is -1.06. The fourth-order valence-electron chi connectivity index (χ4n) is 4.93. The lowest BCUT2D eigenvalue weighted by Crippen LogP contribution is -2.41. The van der Waals surface area contributed by atoms with Crippen molar-refractivity contribution in [2.24, 2.45) is 12.5 Å². The number of pyridine rings is 1. The van der Waals surface area contributed by atoms with Crippen LogP contribution in [0.4, 0.5) is 9.18 Å². The van der Waals surface area contributed by atoms with E-state index in [9.17, 15) is 14.3 Å². The van der Waals surface area contributed by atoms with Gasteiger partial charge in [-0.05, 0) is 47.9 Å². The van der Waals surface area contributed by atoms with E-state index in [-0.39, 0.29) is 17.2 Å². The lowest BCUT2D eigenvalue weighted by molar-refractivity contribution is 0.187. The molecule has 7 heteroatoms. The van der Waals surface area contributed by atoms with E-state index in [4.69, 9.17) is 4.98 Å². The van der Waals surface area contributed by atoms with Crippen LogP contribution in [0.25, 0.3) is 11.3 Å². The number of hydrogen-bond acceptors (Lipinski definition) is 3. The van der Waals surface area contributed by atoms with Crippen LogP contribution in [0.1, 0.15) is 55.8 Å². The Hall–Kier alpha value is -4.00. The zero-order chi connectivity index (χ0) is 28.0. The quantitative estimate of drug-likeness (QED) is 0.224. The van der Waals surface area contributed by atoms with Crippen molar-refractivity contribution in [2.75, 3.05) is 0 Å². The number of carboxylic acid groups (broad SMARTS) is 1. The second-order valence-corrected chi connectivity index (χ2v) is 11.0. The van der Waals surface area contributed by atoms with Crippen LogP contribution in [0, 0.1) is 11.2 Å². The molecule has 4 aromatic rings. The molecule has 2 N–H and O–H groups in total. The van der Waals surface area contributed by atoms with Crippen molar-refractivity contribution in [2.45, 2.75) is 58.4 Å². The lowest BCUT2D eigenvalue weighted by Gasteiger charge is -2.28. The topological polar surface area (TPSA) is 80.0 Å². The molecule has 0 fully saturated rings. The molecule has 2 heterocycles. The second-order valence-electron chi connectivity index (χ2n) is 11.0. The molecule has 1 amide bonds. The van der Waals surface area contributed by atoms with E-state index < -0.39 is 12.1 Å². The first-order valence-corrected chi connectivity index (χ1v) is 13.4. The normalized spacial score (nSPS) is 13.2. The number of amides is 1. The Labute approximate surface area is 230 Å². The molecule has 0 bridgehead atoms. The summed E-state index contributed by atoms with van der Waals surface area (Å²) in [5, 5.41) is 12.6. The van der Waals surface area contributed by atoms with Crippen molar-refractivity contribution in [1.82, 2.24) is 19.9 Å². The molecular formula is C32H37FN4O2. The molecule has 0 saturated carbocycles. The van der Waals surface area contributed by atoms with Gasteiger partial charge in [0.05, 0.1) is 11.9 Å². The van der Waals surface area contributed by atoms with Gasteiger partial charge in [-0.2, -0.15) is 0 Å². The number of imidazole rings is 1. The highest BCUT2D eigenvalue weighted by Gasteiger charge is 2.30. The van der Waals surface area contributed by atoms with Crippen molar-refractivity contribution >= 4 is 6.09 Å². The van der Waals surface area contributed by atoms with Gasteiger partial charge in [0.25, 0.3) is 0 Å². The SMILES string of the molecule is CCC(C)(C)Cc1cnc(C(Cc2ccc(-c3ccc(F)cn3)cc2)C(Cc2ccccc2)NC(=O)O)n1C. The van der Waals surface area contributed by atoms with Gasteiger partial charge in [0.2, 0.25) is 0 Å². The number of nitrogens with zero attached hydrogens (tertiary/aromatic N) is 3. The predicted molar refractivity (Wildman–Crippen MR) is 152 cm³/mol. The highest BCUT2D eigenvalue weighted by Crippen LogP contribution is 2.31. The minimum absolute atomic E-state index is 0.132. The average molecular weight is 529 g/mol. The highest BCUT2D eigenvalue weighted by molar-refractivity contribution is 5.65. The molecule has 0 saturated heterocycles. The third-order valence-electron chi connectivity index (χ3n) is 7.59. The number of carbonyl (C=O) groups is 1. The third kappa shape index (κ3) is 7.31. The van der Waals surface area contributed by atoms with Crippen LogP contribution in [0.5, 0.6) is 0 Å². The van der Waals surface area contributed by atoms with Crippen LogP contribution in [0.3, 0.4) is 0 Å². The van der Waals surface area contributed by atoms with E-state index in [1.165, 1.54) is 12.3 Å². The summed E-state index contributed by atoms with van der Waals surface area (Å²) < 4.78 is 15.5. The standard InChI is InChI=1S/C32H37FN4O2/c1-5-32(2,3)19-26-21-35-30(37(26)4)27(29(36-31(38)39)18-22-9-7-6-8-10-22)17-23-11-13-24(14-12-23)28-16-15-25(33)20-34-28/h6-16,20-21,27,29,36H,5,17-19H2,1-4H3,(H,38,39). The van der Waals surface area contributed by atoms with Gasteiger partial charge in [0.15, 0.2) is 0 Å². The first kappa shape index (κ1) is 28.0. The summed E-state index contributed by atoms with van der Waals surface area (Å²) in [5.41, 5.74) is 4.96. The molecule has 204 valence electrons. The number of benzene rings is 2. The molecule has 0 radical (unpaired) electrons. The third-order valence-corrected chi connectivity index (χ3v) is 7.59. The fourth-order valence-corrected chi connectivity index (χ4v) is 4.93. The number of nitrogens with one attached hydrogen (secondary N) is 1. The first-order valence-electron chi connectivity index (χ1n) is 13.4. The van der Waals surface area contributed by atoms with Crippen molar-refractivity contribution in [3.05, 3.63) is 108 Å². The summed E-state index contributed by atoms with van der Waals surface area (Å²) in [6.07, 6.45) is 5.15. The largest absolute Gasteiger partial charge is 0.465 e. The summed E-state index contributed by atoms with van der Waals surface area (Å²) in [6, 6.07) is 20.6. The maximum Gasteiger partial charge on any atom is 0.404 e. The van der Waals surface area contributed by atoms with Crippen LogP contribution in [-0.2, 0) is 26.3 Å². The lowest BCUT2D eigenvalue weighted by atomic mass is 9.85. The van der Waals surface area contributed by atoms with E-state index in [1.807, 2.05) is 67.8 Å². The van der Waals surface area contributed by atoms with Gasteiger partial charge in [0.1, 0.15) is 11.6 Å². The highest BCUT2D eigenvalue weighted by atomic mass is 19.1. The first-order chi connectivity index (χ1) is 18.6. The van der Waals surface area contributed by atoms with Crippen LogP contribution in [0.15, 0.2) is 79.1 Å². The van der Waals surface area contributed by atoms with Crippen molar-refractivity contribution in [3.8, 4) is 11.3 Å². The van der Waals surface area contributed by atoms with Crippen LogP contribution in [0.2, 0.25) is 0 Å². The van der Waals surface area contributed by atoms with E-state index in [2.05, 4.69) is 35.6 Å². The van der Waals surface area contributed by atoms with Gasteiger partial charge >= 0.3 is 6.09 Å². The molecule has 39 heavy (non-hydrogen) atoms. The van der Waals surface area contributed by atoms with Crippen molar-refractivity contribution in [3.63, 3.8) is 0 Å². The van der Waals surface area contributed by atoms with Gasteiger partial charge < -0.3 is 15.0 Å². The summed E-state index contributed by atoms with van der Waals surface area (Å²) in [6.45, 7) is 6.69. The van der Waals surface area contributed by atoms with Crippen LogP contribution < -0.4 is 5.32 Å². The Bertz CT molecular complexity index is 1370. The van der Waals surface area contributed by atoms with Gasteiger partial charge in [-0.25, -0.2) is 14.2 Å². The van der Waals surface area contributed by atoms with Gasteiger partial charge in [0, 0.05) is 36.5 Å². The molecule has 0 spiro atoms. The molecule has 4 rings (SSSR count). The molecule has 2 atom stereocenters. The molecule has 0 aliphatic rings.